The van der Waals surface area contributed by atoms with E-state index in [1.165, 1.54) is 11.5 Å². The molecule has 0 aliphatic heterocycles. The fraction of sp³-hybridized carbons (Fsp3) is 0.0909. The molecule has 0 aliphatic rings. The number of aliphatic hydroxyl groups is 1. The summed E-state index contributed by atoms with van der Waals surface area (Å²) in [5, 5.41) is 10.9. The van der Waals surface area contributed by atoms with Crippen molar-refractivity contribution in [3.63, 3.8) is 0 Å². The van der Waals surface area contributed by atoms with Crippen LogP contribution in [0.1, 0.15) is 9.75 Å². The van der Waals surface area contributed by atoms with Gasteiger partial charge in [0.2, 0.25) is 5.76 Å². The number of hydrogen-bond acceptors (Lipinski definition) is 3. The summed E-state index contributed by atoms with van der Waals surface area (Å²) in [6.45, 7) is 1.76. The van der Waals surface area contributed by atoms with E-state index in [0.717, 1.165) is 32.6 Å². The molecule has 2 N–H and O–H groups in total. The second-order valence-electron chi connectivity index (χ2n) is 6.38. The first-order chi connectivity index (χ1) is 14.2. The van der Waals surface area contributed by atoms with Crippen molar-refractivity contribution in [1.82, 2.24) is 4.98 Å². The van der Waals surface area contributed by atoms with E-state index < -0.39 is 17.7 Å². The van der Waals surface area contributed by atoms with Crippen molar-refractivity contribution in [3.8, 4) is 0 Å². The second-order valence-corrected chi connectivity index (χ2v) is 7.67. The average Bonchev–Trinajstić information content (AvgIpc) is 3.14. The molecule has 1 aromatic carbocycles. The Balaban J connectivity index is 0.000000213. The quantitative estimate of drug-likeness (QED) is 0.0666. The zero-order valence-electron chi connectivity index (χ0n) is 16.3. The van der Waals surface area contributed by atoms with E-state index in [4.69, 9.17) is 5.11 Å². The third kappa shape index (κ3) is 6.35. The average molecular weight is 583 g/mol. The van der Waals surface area contributed by atoms with Crippen molar-refractivity contribution in [3.05, 3.63) is 89.6 Å². The van der Waals surface area contributed by atoms with Gasteiger partial charge < -0.3 is 9.67 Å². The summed E-state index contributed by atoms with van der Waals surface area (Å²) in [4.78, 5) is 14.8. The maximum atomic E-state index is 11.9. The van der Waals surface area contributed by atoms with Crippen LogP contribution in [0.3, 0.4) is 0 Å². The Morgan fingerprint density at radius 1 is 1.13 bits per heavy atom. The number of benzene rings is 1. The van der Waals surface area contributed by atoms with Crippen molar-refractivity contribution in [2.24, 2.45) is 0 Å². The molecule has 0 saturated carbocycles. The molecule has 0 atom stereocenters. The van der Waals surface area contributed by atoms with E-state index in [0.29, 0.717) is 6.08 Å². The molecule has 31 heavy (non-hydrogen) atoms. The molecule has 161 valence electrons. The fourth-order valence-electron chi connectivity index (χ4n) is 2.76. The SMILES string of the molecule is Cc1ccc(C(=[OH+])/C=C(\O)C(F)(F)F)s1.[CH2-][n+]1cccc2ccc3cccnc3c21.[Eu]. The van der Waals surface area contributed by atoms with Crippen LogP contribution in [-0.2, 0) is 0 Å². The van der Waals surface area contributed by atoms with Crippen LogP contribution in [0.2, 0.25) is 0 Å². The summed E-state index contributed by atoms with van der Waals surface area (Å²) in [6.07, 6.45) is -0.781. The van der Waals surface area contributed by atoms with E-state index in [2.05, 4.69) is 36.3 Å². The molecule has 1 radical (unpaired) electrons. The smallest absolute Gasteiger partial charge is 0.449 e. The van der Waals surface area contributed by atoms with Gasteiger partial charge in [0, 0.05) is 67.5 Å². The van der Waals surface area contributed by atoms with E-state index in [1.807, 2.05) is 29.1 Å². The number of aliphatic hydroxyl groups excluding tert-OH is 1. The topological polar surface area (TPSA) is 58.4 Å². The van der Waals surface area contributed by atoms with Crippen molar-refractivity contribution in [1.29, 1.82) is 0 Å². The van der Waals surface area contributed by atoms with Gasteiger partial charge in [-0.1, -0.05) is 30.3 Å². The third-order valence-electron chi connectivity index (χ3n) is 4.16. The van der Waals surface area contributed by atoms with Gasteiger partial charge in [0.25, 0.3) is 0 Å². The first-order valence-corrected chi connectivity index (χ1v) is 9.58. The van der Waals surface area contributed by atoms with Gasteiger partial charge in [0.1, 0.15) is 10.4 Å². The maximum Gasteiger partial charge on any atom is 0.449 e. The van der Waals surface area contributed by atoms with E-state index in [-0.39, 0.29) is 54.3 Å². The number of ketones is 1. The third-order valence-corrected chi connectivity index (χ3v) is 5.19. The minimum Gasteiger partial charge on any atom is -0.504 e. The molecule has 0 fully saturated rings. The van der Waals surface area contributed by atoms with Crippen molar-refractivity contribution < 1.29 is 77.0 Å². The number of aromatic nitrogens is 2. The van der Waals surface area contributed by atoms with Gasteiger partial charge in [0.05, 0.1) is 17.8 Å². The van der Waals surface area contributed by atoms with E-state index >= 15 is 0 Å². The van der Waals surface area contributed by atoms with Gasteiger partial charge in [-0.2, -0.15) is 13.2 Å². The van der Waals surface area contributed by atoms with Crippen LogP contribution in [0.4, 0.5) is 13.2 Å². The molecular weight excluding hydrogens is 565 g/mol. The number of hydrogen-bond donors (Lipinski definition) is 1. The number of thiophene rings is 1. The Hall–Kier alpha value is -1.81. The Morgan fingerprint density at radius 2 is 1.81 bits per heavy atom. The number of aryl methyl sites for hydroxylation is 1. The summed E-state index contributed by atoms with van der Waals surface area (Å²) in [5.74, 6) is -2.41. The second kappa shape index (κ2) is 10.7. The Kier molecular flexibility index (Phi) is 8.77. The molecule has 0 amide bonds. The molecule has 0 bridgehead atoms. The van der Waals surface area contributed by atoms with Gasteiger partial charge in [-0.05, 0) is 35.9 Å². The molecule has 4 aromatic rings. The summed E-state index contributed by atoms with van der Waals surface area (Å²) >= 11 is 1.14. The summed E-state index contributed by atoms with van der Waals surface area (Å²) in [6, 6.07) is 15.4. The van der Waals surface area contributed by atoms with Gasteiger partial charge in [0.15, 0.2) is 0 Å². The van der Waals surface area contributed by atoms with Gasteiger partial charge in [-0.25, -0.2) is 0 Å². The number of pyridine rings is 2. The first-order valence-electron chi connectivity index (χ1n) is 8.76. The van der Waals surface area contributed by atoms with Crippen LogP contribution >= 0.6 is 11.3 Å². The number of nitrogens with zero attached hydrogens (tertiary/aromatic N) is 2. The predicted molar refractivity (Wildman–Crippen MR) is 112 cm³/mol. The molecule has 4 rings (SSSR count). The molecule has 9 heteroatoms. The monoisotopic (exact) mass is 584 g/mol. The minimum atomic E-state index is -4.83. The zero-order chi connectivity index (χ0) is 21.9. The number of rotatable bonds is 2. The first kappa shape index (κ1) is 25.5. The maximum absolute atomic E-state index is 11.9. The van der Waals surface area contributed by atoms with Gasteiger partial charge >= 0.3 is 12.0 Å². The van der Waals surface area contributed by atoms with Gasteiger partial charge in [-0.15, -0.1) is 11.3 Å². The van der Waals surface area contributed by atoms with Crippen LogP contribution in [0.5, 0.6) is 0 Å². The van der Waals surface area contributed by atoms with Crippen LogP contribution in [0.15, 0.2) is 72.8 Å². The van der Waals surface area contributed by atoms with Crippen molar-refractivity contribution >= 4 is 38.9 Å². The molecule has 0 aliphatic carbocycles. The normalized spacial score (nSPS) is 11.5. The summed E-state index contributed by atoms with van der Waals surface area (Å²) in [5.41, 5.74) is 2.08. The van der Waals surface area contributed by atoms with Crippen molar-refractivity contribution in [2.45, 2.75) is 13.1 Å². The Bertz CT molecular complexity index is 1250. The summed E-state index contributed by atoms with van der Waals surface area (Å²) < 4.78 is 37.5. The zero-order valence-corrected chi connectivity index (χ0v) is 19.5. The molecule has 0 spiro atoms. The number of fused-ring (bicyclic) bond motifs is 3. The van der Waals surface area contributed by atoms with Crippen LogP contribution in [0, 0.1) is 63.3 Å². The number of halogens is 3. The standard InChI is InChI=1S/C13H10N2.C9H7F3O2S.Eu/c1-15-9-3-5-11-7-6-10-4-2-8-14-12(10)13(11)15;1-5-2-3-7(15-5)6(13)4-8(14)9(10,11)12;/h2-9H,1H2;2-4,14H,1H3;/p+1/b;8-4-;. The van der Waals surface area contributed by atoms with Crippen LogP contribution in [-0.4, -0.2) is 26.8 Å². The van der Waals surface area contributed by atoms with E-state index in [1.54, 1.807) is 13.0 Å². The van der Waals surface area contributed by atoms with E-state index in [9.17, 15) is 18.0 Å². The Morgan fingerprint density at radius 3 is 2.45 bits per heavy atom. The van der Waals surface area contributed by atoms with Crippen molar-refractivity contribution in [2.75, 3.05) is 0 Å². The number of alkyl halides is 3. The van der Waals surface area contributed by atoms with Gasteiger partial charge in [-0.3, -0.25) is 9.78 Å². The molecule has 3 aromatic heterocycles. The molecule has 4 nitrogen and oxygen atoms in total. The Labute approximate surface area is 221 Å². The number of allylic oxidation sites excluding steroid dienone is 2. The number of carbonyl (C=O) groups excluding carboxylic acids is 1. The summed E-state index contributed by atoms with van der Waals surface area (Å²) in [7, 11) is 3.98. The molecular formula is C22H18EuF3N2O2S+. The predicted octanol–water partition coefficient (Wildman–Crippen LogP) is 5.27. The van der Waals surface area contributed by atoms with Crippen LogP contribution in [0.25, 0.3) is 21.8 Å². The van der Waals surface area contributed by atoms with Crippen LogP contribution < -0.4 is 4.57 Å². The fourth-order valence-corrected chi connectivity index (χ4v) is 3.54. The molecule has 0 unspecified atom stereocenters. The molecule has 0 saturated heterocycles. The minimum absolute atomic E-state index is 0. The largest absolute Gasteiger partial charge is 0.504 e. The molecule has 3 heterocycles.